The smallest absolute Gasteiger partial charge is 0.345 e. The number of ether oxygens (including phenoxy) is 1. The molecule has 3 aromatic rings. The van der Waals surface area contributed by atoms with Crippen LogP contribution in [-0.2, 0) is 11.3 Å². The van der Waals surface area contributed by atoms with Gasteiger partial charge in [-0.25, -0.2) is 4.79 Å². The van der Waals surface area contributed by atoms with Crippen LogP contribution >= 0.6 is 11.3 Å². The van der Waals surface area contributed by atoms with Crippen LogP contribution < -0.4 is 10.1 Å². The number of benzene rings is 1. The summed E-state index contributed by atoms with van der Waals surface area (Å²) in [6, 6.07) is 9.65. The third kappa shape index (κ3) is 4.93. The van der Waals surface area contributed by atoms with Crippen molar-refractivity contribution in [2.24, 2.45) is 0 Å². The number of amides is 1. The van der Waals surface area contributed by atoms with Crippen molar-refractivity contribution in [2.45, 2.75) is 70.9 Å². The number of thiophene rings is 1. The fourth-order valence-corrected chi connectivity index (χ4v) is 5.97. The van der Waals surface area contributed by atoms with E-state index >= 15 is 0 Å². The summed E-state index contributed by atoms with van der Waals surface area (Å²) in [5, 5.41) is 12.7. The molecule has 0 spiro atoms. The highest BCUT2D eigenvalue weighted by atomic mass is 32.1. The SMILES string of the molecule is COc1ccc(-c2c(C3CCCCC3)c3sc(C(=O)O)cc3n2CC(=O)NC(C)(C)C)cc1. The van der Waals surface area contributed by atoms with Crippen molar-refractivity contribution >= 4 is 33.4 Å². The van der Waals surface area contributed by atoms with Gasteiger partial charge < -0.3 is 19.7 Å². The lowest BCUT2D eigenvalue weighted by Gasteiger charge is -2.24. The maximum Gasteiger partial charge on any atom is 0.345 e. The molecule has 0 radical (unpaired) electrons. The number of hydrogen-bond acceptors (Lipinski definition) is 4. The van der Waals surface area contributed by atoms with Crippen molar-refractivity contribution in [2.75, 3.05) is 7.11 Å². The van der Waals surface area contributed by atoms with Gasteiger partial charge in [-0.15, -0.1) is 11.3 Å². The summed E-state index contributed by atoms with van der Waals surface area (Å²) >= 11 is 1.33. The number of methoxy groups -OCH3 is 1. The van der Waals surface area contributed by atoms with E-state index in [-0.39, 0.29) is 18.0 Å². The zero-order valence-electron chi connectivity index (χ0n) is 19.7. The van der Waals surface area contributed by atoms with Crippen LogP contribution in [0.2, 0.25) is 0 Å². The van der Waals surface area contributed by atoms with Gasteiger partial charge in [0.15, 0.2) is 0 Å². The van der Waals surface area contributed by atoms with Gasteiger partial charge in [0.1, 0.15) is 17.2 Å². The minimum absolute atomic E-state index is 0.0903. The standard InChI is InChI=1S/C26H32N2O4S/c1-26(2,3)27-21(29)15-28-19-14-20(25(30)31)33-24(19)22(16-8-6-5-7-9-16)23(28)17-10-12-18(32-4)13-11-17/h10-14,16H,5-9,15H2,1-4H3,(H,27,29)(H,30,31). The third-order valence-electron chi connectivity index (χ3n) is 6.18. The van der Waals surface area contributed by atoms with Crippen LogP contribution in [0.4, 0.5) is 0 Å². The van der Waals surface area contributed by atoms with Gasteiger partial charge >= 0.3 is 5.97 Å². The molecule has 7 heteroatoms. The number of carboxylic acids is 1. The molecule has 1 aliphatic rings. The maximum absolute atomic E-state index is 13.0. The molecule has 1 aromatic carbocycles. The molecule has 1 saturated carbocycles. The number of rotatable bonds is 6. The van der Waals surface area contributed by atoms with E-state index in [2.05, 4.69) is 5.32 Å². The molecule has 33 heavy (non-hydrogen) atoms. The Morgan fingerprint density at radius 1 is 1.15 bits per heavy atom. The summed E-state index contributed by atoms with van der Waals surface area (Å²) in [4.78, 5) is 25.1. The highest BCUT2D eigenvalue weighted by Crippen LogP contribution is 2.47. The molecule has 2 heterocycles. The first-order chi connectivity index (χ1) is 15.7. The Morgan fingerprint density at radius 2 is 1.82 bits per heavy atom. The van der Waals surface area contributed by atoms with Crippen molar-refractivity contribution in [3.8, 4) is 17.0 Å². The molecule has 176 valence electrons. The summed E-state index contributed by atoms with van der Waals surface area (Å²) < 4.78 is 8.37. The topological polar surface area (TPSA) is 80.6 Å². The molecule has 0 atom stereocenters. The Kier molecular flexibility index (Phi) is 6.52. The lowest BCUT2D eigenvalue weighted by atomic mass is 9.83. The van der Waals surface area contributed by atoms with Crippen LogP contribution in [0.5, 0.6) is 5.75 Å². The van der Waals surface area contributed by atoms with Gasteiger partial charge in [0.25, 0.3) is 0 Å². The van der Waals surface area contributed by atoms with E-state index in [1.165, 1.54) is 36.2 Å². The zero-order chi connectivity index (χ0) is 23.8. The molecule has 2 aromatic heterocycles. The summed E-state index contributed by atoms with van der Waals surface area (Å²) in [7, 11) is 1.64. The van der Waals surface area contributed by atoms with Crippen LogP contribution in [-0.4, -0.2) is 34.2 Å². The summed E-state index contributed by atoms with van der Waals surface area (Å²) in [5.74, 6) is 0.108. The monoisotopic (exact) mass is 468 g/mol. The molecule has 0 bridgehead atoms. The number of aromatic carboxylic acids is 1. The van der Waals surface area contributed by atoms with Gasteiger partial charge in [-0.05, 0) is 81.0 Å². The van der Waals surface area contributed by atoms with Gasteiger partial charge in [0, 0.05) is 5.54 Å². The molecular formula is C26H32N2O4S. The van der Waals surface area contributed by atoms with E-state index < -0.39 is 5.97 Å². The predicted octanol–water partition coefficient (Wildman–Crippen LogP) is 6.04. The van der Waals surface area contributed by atoms with Crippen molar-refractivity contribution in [3.63, 3.8) is 0 Å². The highest BCUT2D eigenvalue weighted by Gasteiger charge is 2.30. The number of nitrogens with zero attached hydrogens (tertiary/aromatic N) is 1. The van der Waals surface area contributed by atoms with E-state index in [4.69, 9.17) is 4.74 Å². The number of aromatic nitrogens is 1. The molecule has 0 aliphatic heterocycles. The first kappa shape index (κ1) is 23.4. The Bertz CT molecular complexity index is 1160. The maximum atomic E-state index is 13.0. The largest absolute Gasteiger partial charge is 0.497 e. The number of carbonyl (C=O) groups excluding carboxylic acids is 1. The van der Waals surface area contributed by atoms with Crippen molar-refractivity contribution in [1.82, 2.24) is 9.88 Å². The van der Waals surface area contributed by atoms with Gasteiger partial charge in [-0.3, -0.25) is 4.79 Å². The quantitative estimate of drug-likeness (QED) is 0.462. The van der Waals surface area contributed by atoms with E-state index in [0.29, 0.717) is 10.8 Å². The van der Waals surface area contributed by atoms with E-state index in [0.717, 1.165) is 40.1 Å². The van der Waals surface area contributed by atoms with Gasteiger partial charge in [0.05, 0.1) is 23.0 Å². The summed E-state index contributed by atoms with van der Waals surface area (Å²) in [6.07, 6.45) is 5.73. The lowest BCUT2D eigenvalue weighted by molar-refractivity contribution is -0.123. The average molecular weight is 469 g/mol. The molecule has 0 saturated heterocycles. The van der Waals surface area contributed by atoms with Gasteiger partial charge in [-0.2, -0.15) is 0 Å². The first-order valence-corrected chi connectivity index (χ1v) is 12.3. The molecular weight excluding hydrogens is 436 g/mol. The molecule has 1 amide bonds. The number of hydrogen-bond donors (Lipinski definition) is 2. The average Bonchev–Trinajstić information content (AvgIpc) is 3.31. The fourth-order valence-electron chi connectivity index (χ4n) is 4.85. The van der Waals surface area contributed by atoms with E-state index in [1.54, 1.807) is 13.2 Å². The Hall–Kier alpha value is -2.80. The third-order valence-corrected chi connectivity index (χ3v) is 7.32. The number of carbonyl (C=O) groups is 2. The molecule has 1 aliphatic carbocycles. The van der Waals surface area contributed by atoms with E-state index in [1.807, 2.05) is 49.6 Å². The normalized spacial score (nSPS) is 15.0. The van der Waals surface area contributed by atoms with Crippen molar-refractivity contribution in [1.29, 1.82) is 0 Å². The van der Waals surface area contributed by atoms with Crippen molar-refractivity contribution < 1.29 is 19.4 Å². The second-order valence-electron chi connectivity index (χ2n) is 9.84. The van der Waals surface area contributed by atoms with Crippen LogP contribution in [0.15, 0.2) is 30.3 Å². The fraction of sp³-hybridized carbons (Fsp3) is 0.462. The second-order valence-corrected chi connectivity index (χ2v) is 10.9. The minimum atomic E-state index is -0.928. The first-order valence-electron chi connectivity index (χ1n) is 11.5. The molecule has 1 fully saturated rings. The Labute approximate surface area is 198 Å². The summed E-state index contributed by atoms with van der Waals surface area (Å²) in [6.45, 7) is 6.01. The molecule has 4 rings (SSSR count). The van der Waals surface area contributed by atoms with Gasteiger partial charge in [-0.1, -0.05) is 19.3 Å². The molecule has 6 nitrogen and oxygen atoms in total. The molecule has 2 N–H and O–H groups in total. The van der Waals surface area contributed by atoms with Crippen LogP contribution in [0.3, 0.4) is 0 Å². The van der Waals surface area contributed by atoms with Gasteiger partial charge in [0.2, 0.25) is 5.91 Å². The zero-order valence-corrected chi connectivity index (χ0v) is 20.6. The lowest BCUT2D eigenvalue weighted by Crippen LogP contribution is -2.42. The summed E-state index contributed by atoms with van der Waals surface area (Å²) in [5.41, 5.74) is 3.70. The van der Waals surface area contributed by atoms with Crippen LogP contribution in [0.1, 0.15) is 74.0 Å². The molecule has 0 unspecified atom stereocenters. The minimum Gasteiger partial charge on any atom is -0.497 e. The number of nitrogens with one attached hydrogen (secondary N) is 1. The predicted molar refractivity (Wildman–Crippen MR) is 132 cm³/mol. The van der Waals surface area contributed by atoms with Crippen LogP contribution in [0.25, 0.3) is 21.5 Å². The second kappa shape index (κ2) is 9.21. The number of fused-ring (bicyclic) bond motifs is 1. The van der Waals surface area contributed by atoms with E-state index in [9.17, 15) is 14.7 Å². The Balaban J connectivity index is 1.93. The van der Waals surface area contributed by atoms with Crippen LogP contribution in [0, 0.1) is 0 Å². The Morgan fingerprint density at radius 3 is 2.39 bits per heavy atom. The number of carboxylic acid groups (broad SMARTS) is 1. The highest BCUT2D eigenvalue weighted by molar-refractivity contribution is 7.21. The van der Waals surface area contributed by atoms with Crippen molar-refractivity contribution in [3.05, 3.63) is 40.8 Å².